The highest BCUT2D eigenvalue weighted by atomic mass is 79.9. The van der Waals surface area contributed by atoms with Gasteiger partial charge in [0, 0.05) is 28.2 Å². The van der Waals surface area contributed by atoms with Crippen LogP contribution in [0.4, 0.5) is 5.69 Å². The first-order valence-electron chi connectivity index (χ1n) is 10.8. The number of carbonyl (C=O) groups is 1. The lowest BCUT2D eigenvalue weighted by atomic mass is 9.61. The molecule has 6 nitrogen and oxygen atoms in total. The number of rotatable bonds is 2. The minimum atomic E-state index is -1.29. The minimum Gasteiger partial charge on any atom is -0.341 e. The Labute approximate surface area is 199 Å². The molecular weight excluding hydrogens is 478 g/mol. The van der Waals surface area contributed by atoms with E-state index in [-0.39, 0.29) is 11.8 Å². The van der Waals surface area contributed by atoms with Crippen LogP contribution in [0.15, 0.2) is 77.3 Å². The topological polar surface area (TPSA) is 84.8 Å². The molecule has 7 heteroatoms. The van der Waals surface area contributed by atoms with Crippen LogP contribution < -0.4 is 5.32 Å². The summed E-state index contributed by atoms with van der Waals surface area (Å²) in [5.74, 6) is 0.0150. The third-order valence-electron chi connectivity index (χ3n) is 7.23. The Morgan fingerprint density at radius 2 is 1.82 bits per heavy atom. The molecule has 6 rings (SSSR count). The molecular formula is C26H20BrN5O. The monoisotopic (exact) mass is 497 g/mol. The molecule has 0 bridgehead atoms. The number of H-pyrrole nitrogens is 1. The number of fused-ring (bicyclic) bond motifs is 3. The number of nitrogens with one attached hydrogen (secondary N) is 2. The fourth-order valence-corrected chi connectivity index (χ4v) is 6.12. The normalized spacial score (nSPS) is 26.5. The number of amides is 1. The molecule has 1 fully saturated rings. The van der Waals surface area contributed by atoms with Crippen molar-refractivity contribution in [3.8, 4) is 6.07 Å². The Hall–Kier alpha value is -3.47. The molecule has 0 aliphatic carbocycles. The first-order valence-corrected chi connectivity index (χ1v) is 11.6. The van der Waals surface area contributed by atoms with E-state index < -0.39 is 11.0 Å². The van der Waals surface area contributed by atoms with Crippen molar-refractivity contribution in [3.05, 3.63) is 94.2 Å². The van der Waals surface area contributed by atoms with E-state index in [1.54, 1.807) is 0 Å². The zero-order chi connectivity index (χ0) is 22.8. The molecule has 3 atom stereocenters. The van der Waals surface area contributed by atoms with E-state index in [2.05, 4.69) is 32.3 Å². The van der Waals surface area contributed by atoms with Gasteiger partial charge in [0.25, 0.3) is 5.91 Å². The van der Waals surface area contributed by atoms with Gasteiger partial charge < -0.3 is 10.3 Å². The number of aromatic nitrogens is 2. The summed E-state index contributed by atoms with van der Waals surface area (Å²) >= 11 is 3.51. The van der Waals surface area contributed by atoms with E-state index in [1.807, 2.05) is 84.7 Å². The zero-order valence-corrected chi connectivity index (χ0v) is 19.4. The SMILES string of the molecule is CN1C[C@H](c2ccc(Br)cc2)[C@](C#N)(c2nc3ccccc3[nH]2)[C@]12C(=O)Nc1ccccc12. The van der Waals surface area contributed by atoms with Gasteiger partial charge in [0.1, 0.15) is 5.82 Å². The summed E-state index contributed by atoms with van der Waals surface area (Å²) in [6.45, 7) is 0.522. The number of nitrogens with zero attached hydrogens (tertiary/aromatic N) is 3. The molecule has 3 aromatic carbocycles. The highest BCUT2D eigenvalue weighted by Crippen LogP contribution is 2.62. The number of anilines is 1. The number of benzene rings is 3. The van der Waals surface area contributed by atoms with Gasteiger partial charge in [-0.2, -0.15) is 5.26 Å². The molecule has 2 N–H and O–H groups in total. The van der Waals surface area contributed by atoms with Crippen LogP contribution >= 0.6 is 15.9 Å². The second-order valence-corrected chi connectivity index (χ2v) is 9.63. The number of halogens is 1. The van der Waals surface area contributed by atoms with Gasteiger partial charge in [-0.15, -0.1) is 0 Å². The number of hydrogen-bond acceptors (Lipinski definition) is 4. The summed E-state index contributed by atoms with van der Waals surface area (Å²) < 4.78 is 0.961. The Kier molecular flexibility index (Phi) is 4.28. The van der Waals surface area contributed by atoms with E-state index >= 15 is 0 Å². The average molecular weight is 498 g/mol. The molecule has 1 spiro atoms. The van der Waals surface area contributed by atoms with Gasteiger partial charge in [-0.25, -0.2) is 4.98 Å². The van der Waals surface area contributed by atoms with E-state index in [9.17, 15) is 10.1 Å². The standard InChI is InChI=1S/C26H20BrN5O/c1-32-14-19(16-10-12-17(27)13-11-16)25(15-28,23-29-21-8-4-5-9-22(21)30-23)26(32)18-6-2-3-7-20(18)31-24(26)33/h2-13,19H,14H2,1H3,(H,29,30)(H,31,33)/t19-,25-,26+/m1/s1. The second-order valence-electron chi connectivity index (χ2n) is 8.72. The van der Waals surface area contributed by atoms with Crippen molar-refractivity contribution in [1.82, 2.24) is 14.9 Å². The van der Waals surface area contributed by atoms with Crippen LogP contribution in [0.3, 0.4) is 0 Å². The molecule has 0 unspecified atom stereocenters. The van der Waals surface area contributed by atoms with E-state index in [0.717, 1.165) is 32.3 Å². The van der Waals surface area contributed by atoms with Crippen molar-refractivity contribution in [1.29, 1.82) is 5.26 Å². The number of para-hydroxylation sites is 3. The Morgan fingerprint density at radius 1 is 1.09 bits per heavy atom. The number of nitriles is 1. The van der Waals surface area contributed by atoms with Gasteiger partial charge in [-0.05, 0) is 42.9 Å². The molecule has 4 aromatic rings. The first kappa shape index (κ1) is 20.2. The van der Waals surface area contributed by atoms with Crippen molar-refractivity contribution in [2.24, 2.45) is 0 Å². The van der Waals surface area contributed by atoms with Gasteiger partial charge in [0.05, 0.1) is 17.1 Å². The van der Waals surface area contributed by atoms with Crippen LogP contribution in [0.25, 0.3) is 11.0 Å². The van der Waals surface area contributed by atoms with Crippen LogP contribution in [0.1, 0.15) is 22.9 Å². The number of hydrogen-bond donors (Lipinski definition) is 2. The van der Waals surface area contributed by atoms with E-state index in [1.165, 1.54) is 0 Å². The maximum absolute atomic E-state index is 13.9. The highest BCUT2D eigenvalue weighted by Gasteiger charge is 2.73. The molecule has 0 radical (unpaired) electrons. The number of likely N-dealkylation sites (N-methyl/N-ethyl adjacent to an activating group) is 1. The van der Waals surface area contributed by atoms with Crippen molar-refractivity contribution in [3.63, 3.8) is 0 Å². The molecule has 0 saturated carbocycles. The molecule has 2 aliphatic heterocycles. The highest BCUT2D eigenvalue weighted by molar-refractivity contribution is 9.10. The number of imidazole rings is 1. The van der Waals surface area contributed by atoms with Gasteiger partial charge in [0.2, 0.25) is 0 Å². The van der Waals surface area contributed by atoms with Gasteiger partial charge in [-0.1, -0.05) is 58.4 Å². The van der Waals surface area contributed by atoms with Crippen molar-refractivity contribution in [2.45, 2.75) is 16.9 Å². The van der Waals surface area contributed by atoms with E-state index in [4.69, 9.17) is 4.98 Å². The summed E-state index contributed by atoms with van der Waals surface area (Å²) in [6.07, 6.45) is 0. The Morgan fingerprint density at radius 3 is 2.58 bits per heavy atom. The summed E-state index contributed by atoms with van der Waals surface area (Å²) in [6, 6.07) is 26.0. The third kappa shape index (κ3) is 2.45. The molecule has 1 amide bonds. The second kappa shape index (κ2) is 7.01. The molecule has 162 valence electrons. The van der Waals surface area contributed by atoms with Crippen molar-refractivity contribution < 1.29 is 4.79 Å². The van der Waals surface area contributed by atoms with Crippen molar-refractivity contribution >= 4 is 38.6 Å². The Balaban J connectivity index is 1.71. The maximum Gasteiger partial charge on any atom is 0.251 e. The molecule has 1 saturated heterocycles. The molecule has 2 aliphatic rings. The quantitative estimate of drug-likeness (QED) is 0.421. The van der Waals surface area contributed by atoms with Crippen molar-refractivity contribution in [2.75, 3.05) is 18.9 Å². The summed E-state index contributed by atoms with van der Waals surface area (Å²) in [4.78, 5) is 24.2. The maximum atomic E-state index is 13.9. The van der Waals surface area contributed by atoms with E-state index in [0.29, 0.717) is 12.4 Å². The predicted molar refractivity (Wildman–Crippen MR) is 130 cm³/mol. The summed E-state index contributed by atoms with van der Waals surface area (Å²) in [5, 5.41) is 14.1. The predicted octanol–water partition coefficient (Wildman–Crippen LogP) is 4.66. The fraction of sp³-hybridized carbons (Fsp3) is 0.192. The average Bonchev–Trinajstić information content (AvgIpc) is 3.47. The fourth-order valence-electron chi connectivity index (χ4n) is 5.85. The largest absolute Gasteiger partial charge is 0.341 e. The minimum absolute atomic E-state index is 0.201. The van der Waals surface area contributed by atoms with Crippen LogP contribution in [-0.2, 0) is 15.7 Å². The third-order valence-corrected chi connectivity index (χ3v) is 7.76. The number of aromatic amines is 1. The van der Waals surface area contributed by atoms with Crippen LogP contribution in [0.2, 0.25) is 0 Å². The van der Waals surface area contributed by atoms with Gasteiger partial charge >= 0.3 is 0 Å². The van der Waals surface area contributed by atoms with Crippen LogP contribution in [0, 0.1) is 11.3 Å². The number of likely N-dealkylation sites (tertiary alicyclic amines) is 1. The van der Waals surface area contributed by atoms with Gasteiger partial charge in [-0.3, -0.25) is 9.69 Å². The summed E-state index contributed by atoms with van der Waals surface area (Å²) in [5.41, 5.74) is 1.62. The lowest BCUT2D eigenvalue weighted by molar-refractivity contribution is -0.127. The van der Waals surface area contributed by atoms with Crippen LogP contribution in [-0.4, -0.2) is 34.4 Å². The molecule has 3 heterocycles. The zero-order valence-electron chi connectivity index (χ0n) is 17.8. The van der Waals surface area contributed by atoms with Gasteiger partial charge in [0.15, 0.2) is 11.0 Å². The molecule has 33 heavy (non-hydrogen) atoms. The lowest BCUT2D eigenvalue weighted by Crippen LogP contribution is -2.57. The summed E-state index contributed by atoms with van der Waals surface area (Å²) in [7, 11) is 1.93. The first-order chi connectivity index (χ1) is 16.0. The Bertz CT molecular complexity index is 1420. The molecule has 1 aromatic heterocycles. The lowest BCUT2D eigenvalue weighted by Gasteiger charge is -2.41. The number of carbonyl (C=O) groups excluding carboxylic acids is 1. The van der Waals surface area contributed by atoms with Crippen LogP contribution in [0.5, 0.6) is 0 Å². The smallest absolute Gasteiger partial charge is 0.251 e.